The van der Waals surface area contributed by atoms with Gasteiger partial charge in [0.05, 0.1) is 4.91 Å². The van der Waals surface area contributed by atoms with Crippen LogP contribution in [0.3, 0.4) is 0 Å². The van der Waals surface area contributed by atoms with Gasteiger partial charge in [-0.1, -0.05) is 22.9 Å². The van der Waals surface area contributed by atoms with Crippen LogP contribution in [-0.4, -0.2) is 23.1 Å². The third-order valence-corrected chi connectivity index (χ3v) is 5.67. The van der Waals surface area contributed by atoms with E-state index < -0.39 is 0 Å². The van der Waals surface area contributed by atoms with E-state index in [1.807, 2.05) is 0 Å². The molecule has 0 heterocycles. The number of benzene rings is 1. The second-order valence-corrected chi connectivity index (χ2v) is 7.20. The largest absolute Gasteiger partial charge is 0.290 e. The molecule has 0 spiro atoms. The molecule has 0 N–H and O–H groups in total. The van der Waals surface area contributed by atoms with Gasteiger partial charge in [0.25, 0.3) is 0 Å². The fourth-order valence-electron chi connectivity index (χ4n) is 2.07. The third-order valence-electron chi connectivity index (χ3n) is 3.26. The lowest BCUT2D eigenvalue weighted by Crippen LogP contribution is -2.06. The molecule has 3 rings (SSSR count). The summed E-state index contributed by atoms with van der Waals surface area (Å²) in [4.78, 5) is 47.4. The summed E-state index contributed by atoms with van der Waals surface area (Å²) in [6, 6.07) is 7.10. The quantitative estimate of drug-likeness (QED) is 0.611. The smallest absolute Gasteiger partial charge is 0.193 e. The highest BCUT2D eigenvalue weighted by Crippen LogP contribution is 2.38. The molecule has 0 radical (unpaired) electrons. The molecule has 6 heteroatoms. The van der Waals surface area contributed by atoms with Crippen molar-refractivity contribution in [2.24, 2.45) is 0 Å². The predicted molar refractivity (Wildman–Crippen MR) is 94.3 cm³/mol. The topological polar surface area (TPSA) is 68.3 Å². The maximum absolute atomic E-state index is 11.8. The molecule has 24 heavy (non-hydrogen) atoms. The van der Waals surface area contributed by atoms with Gasteiger partial charge in [0.1, 0.15) is 0 Å². The lowest BCUT2D eigenvalue weighted by atomic mass is 9.96. The molecular formula is C18H10O4S2. The fourth-order valence-corrected chi connectivity index (χ4v) is 4.10. The molecule has 0 saturated carbocycles. The summed E-state index contributed by atoms with van der Waals surface area (Å²) < 4.78 is 0. The van der Waals surface area contributed by atoms with Gasteiger partial charge >= 0.3 is 0 Å². The van der Waals surface area contributed by atoms with Gasteiger partial charge in [0, 0.05) is 16.5 Å². The predicted octanol–water partition coefficient (Wildman–Crippen LogP) is 3.11. The maximum atomic E-state index is 11.8. The Kier molecular flexibility index (Phi) is 4.78. The summed E-state index contributed by atoms with van der Waals surface area (Å²) in [5.41, 5.74) is 1.03. The van der Waals surface area contributed by atoms with E-state index in [9.17, 15) is 19.2 Å². The zero-order valence-electron chi connectivity index (χ0n) is 12.2. The van der Waals surface area contributed by atoms with Gasteiger partial charge in [-0.3, -0.25) is 19.2 Å². The van der Waals surface area contributed by atoms with Gasteiger partial charge in [0.2, 0.25) is 0 Å². The molecule has 0 aliphatic heterocycles. The highest BCUT2D eigenvalue weighted by atomic mass is 33.1. The van der Waals surface area contributed by atoms with Crippen molar-refractivity contribution in [3.63, 3.8) is 0 Å². The van der Waals surface area contributed by atoms with E-state index >= 15 is 0 Å². The van der Waals surface area contributed by atoms with E-state index in [0.29, 0.717) is 16.0 Å². The highest BCUT2D eigenvalue weighted by molar-refractivity contribution is 8.78. The molecule has 2 aliphatic carbocycles. The minimum absolute atomic E-state index is 0.188. The average molecular weight is 354 g/mol. The Morgan fingerprint density at radius 2 is 1.25 bits per heavy atom. The van der Waals surface area contributed by atoms with Crippen LogP contribution in [0, 0.1) is 0 Å². The second-order valence-electron chi connectivity index (χ2n) is 4.96. The molecule has 0 bridgehead atoms. The van der Waals surface area contributed by atoms with Gasteiger partial charge in [0.15, 0.2) is 23.1 Å². The minimum atomic E-state index is -0.209. The Balaban J connectivity index is 1.69. The molecule has 0 atom stereocenters. The van der Waals surface area contributed by atoms with Crippen LogP contribution in [-0.2, 0) is 19.2 Å². The van der Waals surface area contributed by atoms with Crippen molar-refractivity contribution in [2.45, 2.75) is 4.90 Å². The monoisotopic (exact) mass is 354 g/mol. The first-order valence-corrected chi connectivity index (χ1v) is 9.09. The second kappa shape index (κ2) is 6.98. The number of ketones is 4. The molecule has 0 amide bonds. The van der Waals surface area contributed by atoms with Crippen LogP contribution in [0.2, 0.25) is 0 Å². The maximum Gasteiger partial charge on any atom is 0.193 e. The van der Waals surface area contributed by atoms with Gasteiger partial charge in [-0.25, -0.2) is 0 Å². The minimum Gasteiger partial charge on any atom is -0.290 e. The third kappa shape index (κ3) is 3.72. The van der Waals surface area contributed by atoms with Crippen molar-refractivity contribution >= 4 is 50.3 Å². The molecule has 0 aromatic heterocycles. The van der Waals surface area contributed by atoms with Crippen molar-refractivity contribution in [3.8, 4) is 0 Å². The molecule has 4 nitrogen and oxygen atoms in total. The highest BCUT2D eigenvalue weighted by Gasteiger charge is 2.16. The summed E-state index contributed by atoms with van der Waals surface area (Å²) >= 11 is 0. The van der Waals surface area contributed by atoms with Crippen LogP contribution in [0.1, 0.15) is 5.56 Å². The van der Waals surface area contributed by atoms with Crippen LogP contribution >= 0.6 is 21.6 Å². The van der Waals surface area contributed by atoms with E-state index in [1.54, 1.807) is 24.3 Å². The molecule has 0 unspecified atom stereocenters. The number of carbonyl (C=O) groups excluding carboxylic acids is 4. The molecular weight excluding hydrogens is 344 g/mol. The normalized spacial score (nSPS) is 17.2. The van der Waals surface area contributed by atoms with Crippen molar-refractivity contribution < 1.29 is 19.2 Å². The lowest BCUT2D eigenvalue weighted by Gasteiger charge is -2.09. The lowest BCUT2D eigenvalue weighted by molar-refractivity contribution is -0.114. The van der Waals surface area contributed by atoms with Crippen LogP contribution < -0.4 is 0 Å². The van der Waals surface area contributed by atoms with Crippen LogP contribution in [0.5, 0.6) is 0 Å². The zero-order valence-corrected chi connectivity index (χ0v) is 13.9. The zero-order chi connectivity index (χ0) is 17.1. The standard InChI is InChI=1S/C18H10O4S2/c19-12-3-7-16(21)15(9-12)11-1-5-14(6-2-11)23-24-18-10-13(20)4-8-17(18)22/h1-10H. The van der Waals surface area contributed by atoms with Crippen molar-refractivity contribution in [3.05, 3.63) is 71.2 Å². The van der Waals surface area contributed by atoms with Crippen LogP contribution in [0.15, 0.2) is 70.5 Å². The first-order valence-electron chi connectivity index (χ1n) is 6.94. The first kappa shape index (κ1) is 16.4. The average Bonchev–Trinajstić information content (AvgIpc) is 2.58. The SMILES string of the molecule is O=C1C=CC(=O)C(SSc2ccc(C3=CC(=O)C=CC3=O)cc2)=C1. The number of rotatable bonds is 4. The molecule has 2 aliphatic rings. The first-order chi connectivity index (χ1) is 11.5. The fraction of sp³-hybridized carbons (Fsp3) is 0. The Morgan fingerprint density at radius 1 is 0.625 bits per heavy atom. The van der Waals surface area contributed by atoms with Crippen molar-refractivity contribution in [2.75, 3.05) is 0 Å². The van der Waals surface area contributed by atoms with Gasteiger partial charge in [-0.15, -0.1) is 0 Å². The van der Waals surface area contributed by atoms with E-state index in [-0.39, 0.29) is 23.1 Å². The molecule has 1 aromatic carbocycles. The van der Waals surface area contributed by atoms with Crippen molar-refractivity contribution in [1.82, 2.24) is 0 Å². The summed E-state index contributed by atoms with van der Waals surface area (Å²) in [6.07, 6.45) is 7.66. The summed E-state index contributed by atoms with van der Waals surface area (Å²) in [7, 11) is 2.56. The number of carbonyl (C=O) groups is 4. The van der Waals surface area contributed by atoms with E-state index in [1.165, 1.54) is 58.0 Å². The number of allylic oxidation sites excluding steroid dienone is 8. The molecule has 118 valence electrons. The van der Waals surface area contributed by atoms with Crippen molar-refractivity contribution in [1.29, 1.82) is 0 Å². The van der Waals surface area contributed by atoms with Crippen LogP contribution in [0.25, 0.3) is 5.57 Å². The Hall–Kier alpha value is -2.44. The van der Waals surface area contributed by atoms with Gasteiger partial charge < -0.3 is 0 Å². The summed E-state index contributed by atoms with van der Waals surface area (Å²) in [6.45, 7) is 0. The summed E-state index contributed by atoms with van der Waals surface area (Å²) in [5, 5.41) is 0. The van der Waals surface area contributed by atoms with E-state index in [2.05, 4.69) is 0 Å². The number of hydrogen-bond donors (Lipinski definition) is 0. The van der Waals surface area contributed by atoms with Crippen LogP contribution in [0.4, 0.5) is 0 Å². The number of hydrogen-bond acceptors (Lipinski definition) is 6. The summed E-state index contributed by atoms with van der Waals surface area (Å²) in [5.74, 6) is -0.799. The Morgan fingerprint density at radius 3 is 1.96 bits per heavy atom. The van der Waals surface area contributed by atoms with E-state index in [4.69, 9.17) is 0 Å². The van der Waals surface area contributed by atoms with Gasteiger partial charge in [-0.05, 0) is 58.9 Å². The van der Waals surface area contributed by atoms with E-state index in [0.717, 1.165) is 4.90 Å². The molecule has 0 saturated heterocycles. The Bertz CT molecular complexity index is 871. The molecule has 1 aromatic rings. The Labute approximate surface area is 145 Å². The molecule has 0 fully saturated rings. The van der Waals surface area contributed by atoms with Gasteiger partial charge in [-0.2, -0.15) is 0 Å².